The van der Waals surface area contributed by atoms with E-state index in [2.05, 4.69) is 45.0 Å². The number of aryl methyl sites for hydroxylation is 1. The fourth-order valence-corrected chi connectivity index (χ4v) is 3.84. The van der Waals surface area contributed by atoms with Crippen molar-refractivity contribution in [1.29, 1.82) is 0 Å². The van der Waals surface area contributed by atoms with E-state index in [-0.39, 0.29) is 17.0 Å². The number of para-hydroxylation sites is 1. The number of anilines is 1. The monoisotopic (exact) mass is 438 g/mol. The van der Waals surface area contributed by atoms with E-state index in [0.717, 1.165) is 11.4 Å². The second-order valence-corrected chi connectivity index (χ2v) is 8.68. The Morgan fingerprint density at radius 3 is 2.61 bits per heavy atom. The van der Waals surface area contributed by atoms with Crippen LogP contribution in [0.15, 0.2) is 49.8 Å². The van der Waals surface area contributed by atoms with Gasteiger partial charge < -0.3 is 0 Å². The highest BCUT2D eigenvalue weighted by Crippen LogP contribution is 2.30. The molecule has 0 aliphatic heterocycles. The van der Waals surface area contributed by atoms with E-state index in [1.165, 1.54) is 18.0 Å². The number of halogens is 1. The minimum absolute atomic E-state index is 0.0150. The van der Waals surface area contributed by atoms with Crippen molar-refractivity contribution in [1.82, 2.24) is 24.7 Å². The molecule has 0 spiro atoms. The quantitative estimate of drug-likeness (QED) is 0.332. The molecule has 0 fully saturated rings. The van der Waals surface area contributed by atoms with Crippen LogP contribution in [0.1, 0.15) is 49.0 Å². The van der Waals surface area contributed by atoms with Gasteiger partial charge in [0.05, 0.1) is 5.69 Å². The molecular formula is C23H27FN6S. The maximum Gasteiger partial charge on any atom is 0.239 e. The number of aromatic nitrogens is 5. The van der Waals surface area contributed by atoms with E-state index in [1.54, 1.807) is 16.7 Å². The third kappa shape index (κ3) is 5.38. The average Bonchev–Trinajstić information content (AvgIpc) is 3.17. The molecule has 31 heavy (non-hydrogen) atoms. The van der Waals surface area contributed by atoms with Crippen molar-refractivity contribution in [2.45, 2.75) is 44.8 Å². The van der Waals surface area contributed by atoms with Crippen molar-refractivity contribution in [3.8, 4) is 5.69 Å². The summed E-state index contributed by atoms with van der Waals surface area (Å²) in [5, 5.41) is 8.83. The molecule has 0 radical (unpaired) electrons. The molecule has 3 rings (SSSR count). The van der Waals surface area contributed by atoms with Gasteiger partial charge in [-0.15, -0.1) is 16.8 Å². The molecule has 1 N–H and O–H groups in total. The largest absolute Gasteiger partial charge is 0.298 e. The number of rotatable bonds is 10. The first kappa shape index (κ1) is 22.7. The molecule has 1 aromatic carbocycles. The average molecular weight is 439 g/mol. The van der Waals surface area contributed by atoms with Gasteiger partial charge in [-0.2, -0.15) is 0 Å². The number of nitrogens with zero attached hydrogens (tertiary/aromatic N) is 5. The Hall–Kier alpha value is -3.00. The lowest BCUT2D eigenvalue weighted by atomic mass is 10.1. The molecule has 162 valence electrons. The van der Waals surface area contributed by atoms with E-state index in [9.17, 15) is 4.39 Å². The molecule has 2 heterocycles. The molecule has 0 amide bonds. The van der Waals surface area contributed by atoms with Crippen LogP contribution >= 0.6 is 11.9 Å². The first-order valence-electron chi connectivity index (χ1n) is 10.1. The van der Waals surface area contributed by atoms with Crippen molar-refractivity contribution in [2.75, 3.05) is 4.72 Å². The van der Waals surface area contributed by atoms with Gasteiger partial charge in [0.1, 0.15) is 17.5 Å². The third-order valence-electron chi connectivity index (χ3n) is 4.77. The Balaban J connectivity index is 1.89. The van der Waals surface area contributed by atoms with E-state index in [1.807, 2.05) is 38.4 Å². The van der Waals surface area contributed by atoms with E-state index >= 15 is 0 Å². The van der Waals surface area contributed by atoms with E-state index in [4.69, 9.17) is 0 Å². The van der Waals surface area contributed by atoms with Crippen molar-refractivity contribution < 1.29 is 4.39 Å². The standard InChI is InChI=1S/C23H27FN6S/c1-6-9-16(4)22-27-28-23(30(22)21-18(7-2)10-8-11-19(21)24)29-31-17(5)12-20-25-13-15(3)14-26-20/h6-8,10-11,13-14,16-17H,1-2,9,12H2,3-5H3,(H,28,29). The summed E-state index contributed by atoms with van der Waals surface area (Å²) in [5.41, 5.74) is 2.08. The highest BCUT2D eigenvalue weighted by Gasteiger charge is 2.23. The third-order valence-corrected chi connectivity index (χ3v) is 5.64. The zero-order valence-electron chi connectivity index (χ0n) is 18.0. The molecule has 2 aromatic heterocycles. The molecule has 6 nitrogen and oxygen atoms in total. The SMILES string of the molecule is C=CCC(C)c1nnc(NSC(C)Cc2ncc(C)cn2)n1-c1c(F)cccc1C=C. The van der Waals surface area contributed by atoms with Crippen molar-refractivity contribution in [2.24, 2.45) is 0 Å². The Labute approximate surface area is 186 Å². The van der Waals surface area contributed by atoms with Crippen molar-refractivity contribution >= 4 is 24.0 Å². The smallest absolute Gasteiger partial charge is 0.239 e. The Morgan fingerprint density at radius 2 is 1.94 bits per heavy atom. The predicted octanol–water partition coefficient (Wildman–Crippen LogP) is 5.52. The minimum Gasteiger partial charge on any atom is -0.298 e. The fourth-order valence-electron chi connectivity index (χ4n) is 3.17. The van der Waals surface area contributed by atoms with Gasteiger partial charge in [-0.25, -0.2) is 14.4 Å². The number of nitrogens with one attached hydrogen (secondary N) is 1. The van der Waals surface area contributed by atoms with Crippen LogP contribution in [-0.2, 0) is 6.42 Å². The number of allylic oxidation sites excluding steroid dienone is 1. The molecule has 0 aliphatic rings. The van der Waals surface area contributed by atoms with Crippen LogP contribution in [0.2, 0.25) is 0 Å². The van der Waals surface area contributed by atoms with Crippen LogP contribution < -0.4 is 4.72 Å². The van der Waals surface area contributed by atoms with Crippen molar-refractivity contribution in [3.63, 3.8) is 0 Å². The Morgan fingerprint density at radius 1 is 1.19 bits per heavy atom. The van der Waals surface area contributed by atoms with Crippen LogP contribution in [0.5, 0.6) is 0 Å². The molecule has 2 unspecified atom stereocenters. The van der Waals surface area contributed by atoms with Gasteiger partial charge >= 0.3 is 0 Å². The summed E-state index contributed by atoms with van der Waals surface area (Å²) in [7, 11) is 0. The van der Waals surface area contributed by atoms with Gasteiger partial charge in [0, 0.05) is 35.5 Å². The van der Waals surface area contributed by atoms with Crippen molar-refractivity contribution in [3.05, 3.63) is 78.4 Å². The van der Waals surface area contributed by atoms with Gasteiger partial charge in [0.25, 0.3) is 0 Å². The first-order chi connectivity index (χ1) is 14.9. The molecule has 2 atom stereocenters. The second kappa shape index (κ2) is 10.3. The highest BCUT2D eigenvalue weighted by molar-refractivity contribution is 8.01. The lowest BCUT2D eigenvalue weighted by molar-refractivity contribution is 0.609. The zero-order chi connectivity index (χ0) is 22.4. The summed E-state index contributed by atoms with van der Waals surface area (Å²) < 4.78 is 19.9. The molecule has 0 bridgehead atoms. The minimum atomic E-state index is -0.363. The summed E-state index contributed by atoms with van der Waals surface area (Å²) in [4.78, 5) is 8.73. The van der Waals surface area contributed by atoms with Gasteiger partial charge in [-0.3, -0.25) is 9.29 Å². The van der Waals surface area contributed by atoms with Crippen LogP contribution in [0, 0.1) is 12.7 Å². The first-order valence-corrected chi connectivity index (χ1v) is 11.0. The van der Waals surface area contributed by atoms with Gasteiger partial charge in [-0.05, 0) is 36.9 Å². The second-order valence-electron chi connectivity index (χ2n) is 7.44. The summed E-state index contributed by atoms with van der Waals surface area (Å²) in [6.07, 6.45) is 8.46. The summed E-state index contributed by atoms with van der Waals surface area (Å²) in [6.45, 7) is 13.7. The highest BCUT2D eigenvalue weighted by atomic mass is 32.2. The molecule has 0 saturated heterocycles. The number of hydrogen-bond acceptors (Lipinski definition) is 6. The maximum absolute atomic E-state index is 14.9. The molecule has 0 aliphatic carbocycles. The Bertz CT molecular complexity index is 1050. The van der Waals surface area contributed by atoms with Crippen LogP contribution in [-0.4, -0.2) is 30.0 Å². The molecule has 0 saturated carbocycles. The van der Waals surface area contributed by atoms with Crippen LogP contribution in [0.3, 0.4) is 0 Å². The topological polar surface area (TPSA) is 68.5 Å². The predicted molar refractivity (Wildman–Crippen MR) is 126 cm³/mol. The maximum atomic E-state index is 14.9. The van der Waals surface area contributed by atoms with Crippen LogP contribution in [0.25, 0.3) is 11.8 Å². The Kier molecular flexibility index (Phi) is 7.57. The lowest BCUT2D eigenvalue weighted by Crippen LogP contribution is -2.13. The molecule has 8 heteroatoms. The van der Waals surface area contributed by atoms with Gasteiger partial charge in [-0.1, -0.05) is 44.7 Å². The van der Waals surface area contributed by atoms with Gasteiger partial charge in [0.15, 0.2) is 0 Å². The summed E-state index contributed by atoms with van der Waals surface area (Å²) in [6, 6.07) is 4.92. The zero-order valence-corrected chi connectivity index (χ0v) is 18.9. The number of benzene rings is 1. The van der Waals surface area contributed by atoms with E-state index in [0.29, 0.717) is 35.9 Å². The summed E-state index contributed by atoms with van der Waals surface area (Å²) >= 11 is 1.47. The van der Waals surface area contributed by atoms with Gasteiger partial charge in [0.2, 0.25) is 5.95 Å². The normalized spacial score (nSPS) is 12.9. The molecule has 3 aromatic rings. The van der Waals surface area contributed by atoms with Crippen LogP contribution in [0.4, 0.5) is 10.3 Å². The lowest BCUT2D eigenvalue weighted by Gasteiger charge is -2.18. The van der Waals surface area contributed by atoms with E-state index < -0.39 is 0 Å². The number of hydrogen-bond donors (Lipinski definition) is 1. The molecular weight excluding hydrogens is 411 g/mol. The summed E-state index contributed by atoms with van der Waals surface area (Å²) in [5.74, 6) is 1.54. The fraction of sp³-hybridized carbons (Fsp3) is 0.304.